The summed E-state index contributed by atoms with van der Waals surface area (Å²) in [5.74, 6) is -0.0909. The van der Waals surface area contributed by atoms with Crippen LogP contribution >= 0.6 is 0 Å². The van der Waals surface area contributed by atoms with Crippen molar-refractivity contribution in [2.75, 3.05) is 14.1 Å². The third kappa shape index (κ3) is 2.85. The topological polar surface area (TPSA) is 32.3 Å². The van der Waals surface area contributed by atoms with Gasteiger partial charge >= 0.3 is 0 Å². The number of nitrogens with one attached hydrogen (secondary N) is 1. The largest absolute Gasteiger partial charge is 0.337 e. The van der Waals surface area contributed by atoms with Crippen molar-refractivity contribution in [1.82, 2.24) is 10.2 Å². The van der Waals surface area contributed by atoms with Crippen molar-refractivity contribution in [3.05, 3.63) is 35.9 Å². The molecular formula is C11H15N2O. The van der Waals surface area contributed by atoms with Gasteiger partial charge in [-0.1, -0.05) is 18.2 Å². The summed E-state index contributed by atoms with van der Waals surface area (Å²) >= 11 is 0. The van der Waals surface area contributed by atoms with Gasteiger partial charge in [0.1, 0.15) is 0 Å². The van der Waals surface area contributed by atoms with E-state index in [-0.39, 0.29) is 12.1 Å². The molecule has 0 bridgehead atoms. The third-order valence-corrected chi connectivity index (χ3v) is 2.07. The maximum Gasteiger partial charge on any atom is 0.253 e. The molecule has 1 rings (SSSR count). The van der Waals surface area contributed by atoms with E-state index in [2.05, 4.69) is 11.4 Å². The number of carbonyl (C=O) groups excluding carboxylic acids is 1. The average Bonchev–Trinajstić information content (AvgIpc) is 2.19. The van der Waals surface area contributed by atoms with Crippen molar-refractivity contribution in [3.8, 4) is 0 Å². The molecule has 1 radical (unpaired) electrons. The summed E-state index contributed by atoms with van der Waals surface area (Å²) in [6.45, 7) is 1.93. The van der Waals surface area contributed by atoms with E-state index in [1.165, 1.54) is 0 Å². The van der Waals surface area contributed by atoms with Crippen LogP contribution in [0, 0.1) is 6.07 Å². The molecule has 1 atom stereocenters. The summed E-state index contributed by atoms with van der Waals surface area (Å²) in [5, 5.41) is 2.85. The molecule has 0 heterocycles. The molecular weight excluding hydrogens is 176 g/mol. The Morgan fingerprint density at radius 2 is 2.21 bits per heavy atom. The van der Waals surface area contributed by atoms with Gasteiger partial charge in [-0.2, -0.15) is 0 Å². The minimum Gasteiger partial charge on any atom is -0.337 e. The standard InChI is InChI=1S/C11H15N2O/c1-9(13(2)3)12-11(14)10-7-5-4-6-8-10/h4-7,9H,1-3H3,(H,12,14). The Morgan fingerprint density at radius 3 is 2.71 bits per heavy atom. The lowest BCUT2D eigenvalue weighted by atomic mass is 10.2. The summed E-state index contributed by atoms with van der Waals surface area (Å²) in [6.07, 6.45) is 0.0242. The van der Waals surface area contributed by atoms with Crippen molar-refractivity contribution in [3.63, 3.8) is 0 Å². The molecule has 0 saturated carbocycles. The lowest BCUT2D eigenvalue weighted by molar-refractivity contribution is 0.0900. The van der Waals surface area contributed by atoms with E-state index in [4.69, 9.17) is 0 Å². The zero-order valence-electron chi connectivity index (χ0n) is 8.74. The van der Waals surface area contributed by atoms with Crippen LogP contribution in [0.25, 0.3) is 0 Å². The maximum atomic E-state index is 11.6. The van der Waals surface area contributed by atoms with E-state index < -0.39 is 0 Å². The van der Waals surface area contributed by atoms with Gasteiger partial charge in [-0.3, -0.25) is 9.69 Å². The van der Waals surface area contributed by atoms with Crippen LogP contribution in [0.2, 0.25) is 0 Å². The summed E-state index contributed by atoms with van der Waals surface area (Å²) in [4.78, 5) is 13.5. The molecule has 0 aliphatic carbocycles. The molecule has 0 spiro atoms. The van der Waals surface area contributed by atoms with E-state index in [9.17, 15) is 4.79 Å². The molecule has 14 heavy (non-hydrogen) atoms. The van der Waals surface area contributed by atoms with Crippen LogP contribution in [-0.4, -0.2) is 31.1 Å². The molecule has 1 unspecified atom stereocenters. The predicted octanol–water partition coefficient (Wildman–Crippen LogP) is 1.12. The highest BCUT2D eigenvalue weighted by Gasteiger charge is 2.09. The molecule has 0 saturated heterocycles. The average molecular weight is 191 g/mol. The lowest BCUT2D eigenvalue weighted by Gasteiger charge is -2.20. The first kappa shape index (κ1) is 10.7. The van der Waals surface area contributed by atoms with Crippen molar-refractivity contribution in [2.24, 2.45) is 0 Å². The van der Waals surface area contributed by atoms with Gasteiger partial charge in [0.15, 0.2) is 0 Å². The molecule has 0 aromatic heterocycles. The van der Waals surface area contributed by atoms with Gasteiger partial charge in [-0.25, -0.2) is 0 Å². The van der Waals surface area contributed by atoms with Gasteiger partial charge in [0, 0.05) is 5.56 Å². The number of amides is 1. The van der Waals surface area contributed by atoms with E-state index in [1.807, 2.05) is 38.1 Å². The van der Waals surface area contributed by atoms with Crippen LogP contribution in [0.5, 0.6) is 0 Å². The second kappa shape index (κ2) is 4.77. The molecule has 75 valence electrons. The Balaban J connectivity index is 2.60. The summed E-state index contributed by atoms with van der Waals surface area (Å²) in [5.41, 5.74) is 0.571. The maximum absolute atomic E-state index is 11.6. The van der Waals surface area contributed by atoms with Crippen molar-refractivity contribution < 1.29 is 4.79 Å². The first-order chi connectivity index (χ1) is 6.61. The monoisotopic (exact) mass is 191 g/mol. The van der Waals surface area contributed by atoms with Crippen molar-refractivity contribution in [2.45, 2.75) is 13.1 Å². The highest BCUT2D eigenvalue weighted by atomic mass is 16.1. The number of nitrogens with zero attached hydrogens (tertiary/aromatic N) is 1. The fraction of sp³-hybridized carbons (Fsp3) is 0.364. The third-order valence-electron chi connectivity index (χ3n) is 2.07. The van der Waals surface area contributed by atoms with Gasteiger partial charge in [0.25, 0.3) is 5.91 Å². The highest BCUT2D eigenvalue weighted by Crippen LogP contribution is 1.98. The molecule has 3 nitrogen and oxygen atoms in total. The molecule has 1 aromatic rings. The van der Waals surface area contributed by atoms with E-state index in [1.54, 1.807) is 12.1 Å². The molecule has 1 N–H and O–H groups in total. The van der Waals surface area contributed by atoms with Crippen LogP contribution in [0.4, 0.5) is 0 Å². The zero-order chi connectivity index (χ0) is 10.6. The van der Waals surface area contributed by atoms with Crippen LogP contribution < -0.4 is 5.32 Å². The second-order valence-corrected chi connectivity index (χ2v) is 3.39. The Hall–Kier alpha value is -1.35. The smallest absolute Gasteiger partial charge is 0.253 e. The SMILES string of the molecule is CC(NC(=O)c1[c]cccc1)N(C)C. The van der Waals surface area contributed by atoms with Crippen LogP contribution in [0.1, 0.15) is 17.3 Å². The Bertz CT molecular complexity index is 295. The molecule has 0 fully saturated rings. The number of rotatable bonds is 3. The molecule has 0 aliphatic heterocycles. The normalized spacial score (nSPS) is 12.6. The van der Waals surface area contributed by atoms with E-state index in [0.717, 1.165) is 0 Å². The Kier molecular flexibility index (Phi) is 3.65. The summed E-state index contributed by atoms with van der Waals surface area (Å²) in [6, 6.07) is 10.0. The Labute approximate surface area is 84.7 Å². The van der Waals surface area contributed by atoms with E-state index in [0.29, 0.717) is 5.56 Å². The lowest BCUT2D eigenvalue weighted by Crippen LogP contribution is -2.42. The van der Waals surface area contributed by atoms with Crippen molar-refractivity contribution >= 4 is 5.91 Å². The van der Waals surface area contributed by atoms with Crippen LogP contribution in [0.3, 0.4) is 0 Å². The molecule has 3 heteroatoms. The van der Waals surface area contributed by atoms with Gasteiger partial charge < -0.3 is 5.32 Å². The Morgan fingerprint density at radius 1 is 1.50 bits per heavy atom. The zero-order valence-corrected chi connectivity index (χ0v) is 8.74. The number of hydrogen-bond acceptors (Lipinski definition) is 2. The minimum absolute atomic E-state index is 0.0242. The first-order valence-electron chi connectivity index (χ1n) is 4.55. The number of benzene rings is 1. The summed E-state index contributed by atoms with van der Waals surface area (Å²) in [7, 11) is 3.83. The second-order valence-electron chi connectivity index (χ2n) is 3.39. The van der Waals surface area contributed by atoms with Crippen molar-refractivity contribution in [1.29, 1.82) is 0 Å². The summed E-state index contributed by atoms with van der Waals surface area (Å²) < 4.78 is 0. The molecule has 1 amide bonds. The predicted molar refractivity (Wildman–Crippen MR) is 55.9 cm³/mol. The number of hydrogen-bond donors (Lipinski definition) is 1. The van der Waals surface area contributed by atoms with Gasteiger partial charge in [-0.05, 0) is 33.2 Å². The highest BCUT2D eigenvalue weighted by molar-refractivity contribution is 5.93. The van der Waals surface area contributed by atoms with Crippen LogP contribution in [0.15, 0.2) is 24.3 Å². The fourth-order valence-electron chi connectivity index (χ4n) is 0.931. The van der Waals surface area contributed by atoms with Gasteiger partial charge in [0.2, 0.25) is 0 Å². The molecule has 1 aromatic carbocycles. The minimum atomic E-state index is -0.0909. The first-order valence-corrected chi connectivity index (χ1v) is 4.55. The van der Waals surface area contributed by atoms with E-state index >= 15 is 0 Å². The van der Waals surface area contributed by atoms with Crippen LogP contribution in [-0.2, 0) is 0 Å². The van der Waals surface area contributed by atoms with Gasteiger partial charge in [0.05, 0.1) is 6.17 Å². The fourth-order valence-corrected chi connectivity index (χ4v) is 0.931. The number of carbonyl (C=O) groups is 1. The quantitative estimate of drug-likeness (QED) is 0.726. The van der Waals surface area contributed by atoms with Gasteiger partial charge in [-0.15, -0.1) is 0 Å². The molecule has 0 aliphatic rings.